The van der Waals surface area contributed by atoms with Crippen LogP contribution in [0, 0.1) is 11.8 Å². The Morgan fingerprint density at radius 2 is 1.48 bits per heavy atom. The monoisotopic (exact) mass is 447 g/mol. The summed E-state index contributed by atoms with van der Waals surface area (Å²) in [5, 5.41) is 0. The molecule has 3 aliphatic heterocycles. The summed E-state index contributed by atoms with van der Waals surface area (Å²) in [6.45, 7) is 4.98. The van der Waals surface area contributed by atoms with Gasteiger partial charge in [0.1, 0.15) is 0 Å². The first-order chi connectivity index (χ1) is 14.9. The molecular formula is C24H37N3O3S. The maximum Gasteiger partial charge on any atom is 0.225 e. The first kappa shape index (κ1) is 22.7. The van der Waals surface area contributed by atoms with Gasteiger partial charge in [-0.15, -0.1) is 0 Å². The third kappa shape index (κ3) is 5.88. The maximum atomic E-state index is 13.1. The number of carbonyl (C=O) groups is 1. The van der Waals surface area contributed by atoms with E-state index in [1.54, 1.807) is 4.31 Å². The number of nitrogens with zero attached hydrogens (tertiary/aromatic N) is 3. The number of likely N-dealkylation sites (tertiary alicyclic amines) is 2. The third-order valence-corrected chi connectivity index (χ3v) is 8.88. The smallest absolute Gasteiger partial charge is 0.225 e. The van der Waals surface area contributed by atoms with Crippen LogP contribution < -0.4 is 0 Å². The predicted molar refractivity (Wildman–Crippen MR) is 123 cm³/mol. The van der Waals surface area contributed by atoms with Crippen molar-refractivity contribution in [3.63, 3.8) is 0 Å². The number of sulfonamides is 1. The van der Waals surface area contributed by atoms with Crippen molar-refractivity contribution in [2.45, 2.75) is 51.0 Å². The van der Waals surface area contributed by atoms with Crippen LogP contribution in [0.15, 0.2) is 30.3 Å². The van der Waals surface area contributed by atoms with E-state index in [2.05, 4.69) is 40.1 Å². The van der Waals surface area contributed by atoms with Crippen LogP contribution in [0.5, 0.6) is 0 Å². The molecule has 7 heteroatoms. The molecule has 6 nitrogen and oxygen atoms in total. The second-order valence-corrected chi connectivity index (χ2v) is 11.6. The summed E-state index contributed by atoms with van der Waals surface area (Å²) < 4.78 is 25.0. The van der Waals surface area contributed by atoms with E-state index in [-0.39, 0.29) is 5.92 Å². The molecule has 1 aromatic carbocycles. The molecule has 31 heavy (non-hydrogen) atoms. The Morgan fingerprint density at radius 1 is 0.871 bits per heavy atom. The van der Waals surface area contributed by atoms with Crippen molar-refractivity contribution in [1.29, 1.82) is 0 Å². The van der Waals surface area contributed by atoms with Crippen LogP contribution in [0.3, 0.4) is 0 Å². The Kier molecular flexibility index (Phi) is 7.34. The number of amides is 1. The Morgan fingerprint density at radius 3 is 2.06 bits per heavy atom. The van der Waals surface area contributed by atoms with Gasteiger partial charge >= 0.3 is 0 Å². The lowest BCUT2D eigenvalue weighted by Crippen LogP contribution is -2.50. The molecule has 1 amide bonds. The van der Waals surface area contributed by atoms with E-state index >= 15 is 0 Å². The van der Waals surface area contributed by atoms with Crippen LogP contribution in [0.1, 0.15) is 44.1 Å². The van der Waals surface area contributed by atoms with Crippen molar-refractivity contribution in [3.8, 4) is 0 Å². The SMILES string of the molecule is CS(=O)(=O)N1CCC(N2CCC(C(=O)N3CCC(Cc4ccccc4)CC3)CC2)CC1. The van der Waals surface area contributed by atoms with Gasteiger partial charge in [-0.05, 0) is 69.5 Å². The number of benzene rings is 1. The zero-order valence-electron chi connectivity index (χ0n) is 18.8. The van der Waals surface area contributed by atoms with Crippen molar-refractivity contribution in [2.24, 2.45) is 11.8 Å². The van der Waals surface area contributed by atoms with E-state index in [0.717, 1.165) is 71.1 Å². The van der Waals surface area contributed by atoms with E-state index in [4.69, 9.17) is 0 Å². The molecule has 1 aromatic rings. The molecule has 0 bridgehead atoms. The number of piperidine rings is 3. The fourth-order valence-electron chi connectivity index (χ4n) is 5.61. The van der Waals surface area contributed by atoms with Crippen molar-refractivity contribution in [2.75, 3.05) is 45.5 Å². The van der Waals surface area contributed by atoms with Gasteiger partial charge in [-0.25, -0.2) is 12.7 Å². The highest BCUT2D eigenvalue weighted by atomic mass is 32.2. The highest BCUT2D eigenvalue weighted by Gasteiger charge is 2.34. The Labute approximate surface area is 187 Å². The van der Waals surface area contributed by atoms with Gasteiger partial charge in [0.15, 0.2) is 0 Å². The van der Waals surface area contributed by atoms with Gasteiger partial charge in [-0.2, -0.15) is 0 Å². The molecule has 172 valence electrons. The molecule has 0 N–H and O–H groups in total. The number of hydrogen-bond acceptors (Lipinski definition) is 4. The number of carbonyl (C=O) groups excluding carboxylic acids is 1. The zero-order chi connectivity index (χ0) is 21.8. The van der Waals surface area contributed by atoms with Crippen molar-refractivity contribution >= 4 is 15.9 Å². The summed E-state index contributed by atoms with van der Waals surface area (Å²) >= 11 is 0. The minimum absolute atomic E-state index is 0.165. The fraction of sp³-hybridized carbons (Fsp3) is 0.708. The molecule has 0 unspecified atom stereocenters. The van der Waals surface area contributed by atoms with Crippen LogP contribution in [-0.4, -0.2) is 80.0 Å². The molecule has 0 atom stereocenters. The number of hydrogen-bond donors (Lipinski definition) is 0. The lowest BCUT2D eigenvalue weighted by Gasteiger charge is -2.42. The minimum atomic E-state index is -3.07. The standard InChI is InChI=1S/C24H37N3O3S/c1-31(29,30)27-17-11-23(12-18-27)25-15-9-22(10-16-25)24(28)26-13-7-21(8-14-26)19-20-5-3-2-4-6-20/h2-6,21-23H,7-19H2,1H3. The second kappa shape index (κ2) is 10.0. The fourth-order valence-corrected chi connectivity index (χ4v) is 6.49. The summed E-state index contributed by atoms with van der Waals surface area (Å²) in [6.07, 6.45) is 8.33. The molecule has 0 spiro atoms. The first-order valence-electron chi connectivity index (χ1n) is 11.9. The molecule has 4 rings (SSSR count). The summed E-state index contributed by atoms with van der Waals surface area (Å²) in [6, 6.07) is 11.1. The van der Waals surface area contributed by atoms with Gasteiger partial charge in [-0.3, -0.25) is 4.79 Å². The lowest BCUT2D eigenvalue weighted by atomic mass is 9.88. The van der Waals surface area contributed by atoms with E-state index in [9.17, 15) is 13.2 Å². The third-order valence-electron chi connectivity index (χ3n) is 7.58. The summed E-state index contributed by atoms with van der Waals surface area (Å²) in [7, 11) is -3.07. The zero-order valence-corrected chi connectivity index (χ0v) is 19.6. The summed E-state index contributed by atoms with van der Waals surface area (Å²) in [5.41, 5.74) is 1.40. The van der Waals surface area contributed by atoms with Gasteiger partial charge in [-0.1, -0.05) is 30.3 Å². The largest absolute Gasteiger partial charge is 0.342 e. The molecule has 3 aliphatic rings. The Balaban J connectivity index is 1.19. The molecule has 3 heterocycles. The van der Waals surface area contributed by atoms with Gasteiger partial charge in [0.25, 0.3) is 0 Å². The predicted octanol–water partition coefficient (Wildman–Crippen LogP) is 2.60. The van der Waals surface area contributed by atoms with Crippen molar-refractivity contribution < 1.29 is 13.2 Å². The summed E-state index contributed by atoms with van der Waals surface area (Å²) in [5.74, 6) is 1.22. The van der Waals surface area contributed by atoms with Crippen LogP contribution in [0.2, 0.25) is 0 Å². The Bertz CT molecular complexity index is 821. The normalized spacial score (nSPS) is 23.8. The van der Waals surface area contributed by atoms with E-state index in [1.807, 2.05) is 0 Å². The second-order valence-electron chi connectivity index (χ2n) is 9.66. The van der Waals surface area contributed by atoms with Crippen LogP contribution >= 0.6 is 0 Å². The van der Waals surface area contributed by atoms with Gasteiger partial charge in [0.2, 0.25) is 15.9 Å². The number of rotatable bonds is 5. The van der Waals surface area contributed by atoms with Crippen LogP contribution in [0.4, 0.5) is 0 Å². The van der Waals surface area contributed by atoms with Crippen molar-refractivity contribution in [3.05, 3.63) is 35.9 Å². The van der Waals surface area contributed by atoms with Gasteiger partial charge in [0.05, 0.1) is 6.26 Å². The molecule has 0 saturated carbocycles. The molecule has 3 saturated heterocycles. The van der Waals surface area contributed by atoms with E-state index < -0.39 is 10.0 Å². The topological polar surface area (TPSA) is 60.9 Å². The van der Waals surface area contributed by atoms with E-state index in [1.165, 1.54) is 11.8 Å². The highest BCUT2D eigenvalue weighted by molar-refractivity contribution is 7.88. The Hall–Kier alpha value is -1.44. The maximum absolute atomic E-state index is 13.1. The minimum Gasteiger partial charge on any atom is -0.342 e. The van der Waals surface area contributed by atoms with E-state index in [0.29, 0.717) is 31.0 Å². The molecular weight excluding hydrogens is 410 g/mol. The lowest BCUT2D eigenvalue weighted by molar-refractivity contribution is -0.138. The average molecular weight is 448 g/mol. The molecule has 0 aromatic heterocycles. The average Bonchev–Trinajstić information content (AvgIpc) is 2.79. The van der Waals surface area contributed by atoms with Crippen LogP contribution in [-0.2, 0) is 21.2 Å². The summed E-state index contributed by atoms with van der Waals surface area (Å²) in [4.78, 5) is 17.7. The molecule has 3 fully saturated rings. The highest BCUT2D eigenvalue weighted by Crippen LogP contribution is 2.28. The molecule has 0 radical (unpaired) electrons. The first-order valence-corrected chi connectivity index (χ1v) is 13.8. The van der Waals surface area contributed by atoms with Crippen molar-refractivity contribution in [1.82, 2.24) is 14.1 Å². The van der Waals surface area contributed by atoms with Gasteiger partial charge < -0.3 is 9.80 Å². The molecule has 0 aliphatic carbocycles. The quantitative estimate of drug-likeness (QED) is 0.696. The van der Waals surface area contributed by atoms with Crippen LogP contribution in [0.25, 0.3) is 0 Å². The van der Waals surface area contributed by atoms with Gasteiger partial charge in [0, 0.05) is 38.1 Å².